The number of aliphatic hydroxyl groups excluding tert-OH is 1. The number of aryl methyl sites for hydroxylation is 1. The monoisotopic (exact) mass is 403 g/mol. The predicted molar refractivity (Wildman–Crippen MR) is 115 cm³/mol. The number of ether oxygens (including phenoxy) is 1. The molecule has 0 bridgehead atoms. The van der Waals surface area contributed by atoms with Gasteiger partial charge in [-0.05, 0) is 54.3 Å². The summed E-state index contributed by atoms with van der Waals surface area (Å²) in [5, 5.41) is 14.8. The van der Waals surface area contributed by atoms with E-state index < -0.39 is 6.10 Å². The Morgan fingerprint density at radius 1 is 1.17 bits per heavy atom. The number of benzene rings is 2. The van der Waals surface area contributed by atoms with Crippen molar-refractivity contribution < 1.29 is 14.6 Å². The van der Waals surface area contributed by atoms with E-state index in [1.807, 2.05) is 42.6 Å². The Hall–Kier alpha value is -2.96. The molecular formula is C24H25N3O3. The van der Waals surface area contributed by atoms with Gasteiger partial charge in [0.25, 0.3) is 0 Å². The van der Waals surface area contributed by atoms with E-state index >= 15 is 0 Å². The van der Waals surface area contributed by atoms with Gasteiger partial charge in [0.05, 0.1) is 5.52 Å². The summed E-state index contributed by atoms with van der Waals surface area (Å²) in [7, 11) is 0. The number of aromatic nitrogens is 1. The summed E-state index contributed by atoms with van der Waals surface area (Å²) in [6.07, 6.45) is 3.05. The number of β-amino-alcohol motifs (C(OH)–C–C–N with tert-alkyl or cyclic N) is 1. The number of anilines is 1. The highest BCUT2D eigenvalue weighted by atomic mass is 16.5. The van der Waals surface area contributed by atoms with Crippen LogP contribution in [0.5, 0.6) is 5.75 Å². The van der Waals surface area contributed by atoms with Crippen LogP contribution in [0.1, 0.15) is 24.0 Å². The van der Waals surface area contributed by atoms with Crippen molar-refractivity contribution >= 4 is 22.5 Å². The van der Waals surface area contributed by atoms with E-state index in [4.69, 9.17) is 4.74 Å². The third-order valence-corrected chi connectivity index (χ3v) is 6.00. The molecule has 5 rings (SSSR count). The van der Waals surface area contributed by atoms with Crippen LogP contribution in [-0.2, 0) is 17.8 Å². The number of aliphatic hydroxyl groups is 1. The average Bonchev–Trinajstić information content (AvgIpc) is 2.76. The van der Waals surface area contributed by atoms with Crippen LogP contribution in [0.3, 0.4) is 0 Å². The summed E-state index contributed by atoms with van der Waals surface area (Å²) < 4.78 is 6.13. The number of amides is 1. The molecule has 2 aliphatic rings. The Morgan fingerprint density at radius 3 is 2.97 bits per heavy atom. The fourth-order valence-corrected chi connectivity index (χ4v) is 4.40. The van der Waals surface area contributed by atoms with Crippen molar-refractivity contribution in [3.05, 3.63) is 65.9 Å². The third kappa shape index (κ3) is 3.88. The number of carbonyl (C=O) groups is 1. The molecule has 30 heavy (non-hydrogen) atoms. The normalized spacial score (nSPS) is 21.8. The minimum absolute atomic E-state index is 0.0564. The average molecular weight is 403 g/mol. The Morgan fingerprint density at radius 2 is 2.07 bits per heavy atom. The first kappa shape index (κ1) is 19.0. The lowest BCUT2D eigenvalue weighted by Crippen LogP contribution is -2.48. The maximum Gasteiger partial charge on any atom is 0.224 e. The molecule has 2 atom stereocenters. The summed E-state index contributed by atoms with van der Waals surface area (Å²) in [5.74, 6) is 0.809. The van der Waals surface area contributed by atoms with E-state index in [1.54, 1.807) is 0 Å². The van der Waals surface area contributed by atoms with Gasteiger partial charge in [0.1, 0.15) is 18.0 Å². The van der Waals surface area contributed by atoms with Crippen LogP contribution < -0.4 is 10.1 Å². The quantitative estimate of drug-likeness (QED) is 0.700. The number of nitrogens with one attached hydrogen (secondary N) is 1. The first-order valence-electron chi connectivity index (χ1n) is 10.5. The Bertz CT molecular complexity index is 1080. The molecule has 1 amide bonds. The summed E-state index contributed by atoms with van der Waals surface area (Å²) in [6, 6.07) is 16.0. The number of fused-ring (bicyclic) bond motifs is 2. The summed E-state index contributed by atoms with van der Waals surface area (Å²) in [5.41, 5.74) is 4.17. The van der Waals surface area contributed by atoms with Crippen LogP contribution in [0.2, 0.25) is 0 Å². The molecule has 3 heterocycles. The van der Waals surface area contributed by atoms with Crippen molar-refractivity contribution in [2.75, 3.05) is 18.4 Å². The van der Waals surface area contributed by atoms with Crippen molar-refractivity contribution in [2.24, 2.45) is 0 Å². The highest BCUT2D eigenvalue weighted by Crippen LogP contribution is 2.29. The van der Waals surface area contributed by atoms with E-state index in [-0.39, 0.29) is 12.0 Å². The molecule has 1 saturated heterocycles. The molecule has 6 heteroatoms. The second kappa shape index (κ2) is 8.05. The van der Waals surface area contributed by atoms with Crippen LogP contribution in [0, 0.1) is 0 Å². The van der Waals surface area contributed by atoms with E-state index in [9.17, 15) is 9.90 Å². The number of pyridine rings is 1. The van der Waals surface area contributed by atoms with E-state index in [1.165, 1.54) is 5.56 Å². The van der Waals surface area contributed by atoms with Gasteiger partial charge in [-0.1, -0.05) is 18.2 Å². The zero-order valence-electron chi connectivity index (χ0n) is 16.8. The number of hydrogen-bond acceptors (Lipinski definition) is 5. The van der Waals surface area contributed by atoms with Gasteiger partial charge in [0, 0.05) is 43.3 Å². The Kier molecular flexibility index (Phi) is 5.11. The van der Waals surface area contributed by atoms with Gasteiger partial charge in [-0.25, -0.2) is 0 Å². The van der Waals surface area contributed by atoms with Gasteiger partial charge in [-0.2, -0.15) is 0 Å². The van der Waals surface area contributed by atoms with Crippen molar-refractivity contribution in [2.45, 2.75) is 38.0 Å². The Labute approximate surface area is 175 Å². The molecule has 0 saturated carbocycles. The molecule has 0 unspecified atom stereocenters. The SMILES string of the molecule is O=C1CCc2cc(O[C@@H]3CCN(Cc4ccnc5ccccc45)C[C@H]3O)ccc2N1. The van der Waals surface area contributed by atoms with Crippen LogP contribution in [0.25, 0.3) is 10.9 Å². The highest BCUT2D eigenvalue weighted by molar-refractivity contribution is 5.94. The maximum atomic E-state index is 11.5. The van der Waals surface area contributed by atoms with Gasteiger partial charge < -0.3 is 15.2 Å². The van der Waals surface area contributed by atoms with Crippen LogP contribution in [0.15, 0.2) is 54.7 Å². The molecule has 154 valence electrons. The fraction of sp³-hybridized carbons (Fsp3) is 0.333. The third-order valence-electron chi connectivity index (χ3n) is 6.00. The van der Waals surface area contributed by atoms with E-state index in [0.717, 1.165) is 53.8 Å². The van der Waals surface area contributed by atoms with Gasteiger partial charge in [0.15, 0.2) is 0 Å². The second-order valence-corrected chi connectivity index (χ2v) is 8.10. The standard InChI is InChI=1S/C24H25N3O3/c28-22-15-27(14-17-9-11-25-21-4-2-1-3-19(17)21)12-10-23(22)30-18-6-7-20-16(13-18)5-8-24(29)26-20/h1-4,6-7,9,11,13,22-23,28H,5,8,10,12,14-15H2,(H,26,29)/t22-,23-/m1/s1. The number of nitrogens with zero attached hydrogens (tertiary/aromatic N) is 2. The van der Waals surface area contributed by atoms with Gasteiger partial charge in [-0.15, -0.1) is 0 Å². The smallest absolute Gasteiger partial charge is 0.224 e. The number of likely N-dealkylation sites (tertiary alicyclic amines) is 1. The van der Waals surface area contributed by atoms with Crippen molar-refractivity contribution in [1.82, 2.24) is 9.88 Å². The fourth-order valence-electron chi connectivity index (χ4n) is 4.40. The van der Waals surface area contributed by atoms with Gasteiger partial charge in [0.2, 0.25) is 5.91 Å². The number of carbonyl (C=O) groups excluding carboxylic acids is 1. The topological polar surface area (TPSA) is 74.7 Å². The molecule has 6 nitrogen and oxygen atoms in total. The zero-order valence-corrected chi connectivity index (χ0v) is 16.8. The Balaban J connectivity index is 1.23. The second-order valence-electron chi connectivity index (χ2n) is 8.10. The number of para-hydroxylation sites is 1. The minimum Gasteiger partial charge on any atom is -0.488 e. The van der Waals surface area contributed by atoms with Gasteiger partial charge in [-0.3, -0.25) is 14.7 Å². The minimum atomic E-state index is -0.553. The first-order valence-corrected chi connectivity index (χ1v) is 10.5. The van der Waals surface area contributed by atoms with Crippen molar-refractivity contribution in [3.8, 4) is 5.75 Å². The molecular weight excluding hydrogens is 378 g/mol. The van der Waals surface area contributed by atoms with Crippen LogP contribution >= 0.6 is 0 Å². The van der Waals surface area contributed by atoms with Crippen LogP contribution in [0.4, 0.5) is 5.69 Å². The van der Waals surface area contributed by atoms with Crippen molar-refractivity contribution in [1.29, 1.82) is 0 Å². The first-order chi connectivity index (χ1) is 14.7. The van der Waals surface area contributed by atoms with Crippen LogP contribution in [-0.4, -0.2) is 46.2 Å². The lowest BCUT2D eigenvalue weighted by molar-refractivity contribution is -0.116. The predicted octanol–water partition coefficient (Wildman–Crippen LogP) is 3.13. The maximum absolute atomic E-state index is 11.5. The highest BCUT2D eigenvalue weighted by Gasteiger charge is 2.30. The largest absolute Gasteiger partial charge is 0.488 e. The molecule has 2 aliphatic heterocycles. The van der Waals surface area contributed by atoms with Crippen molar-refractivity contribution in [3.63, 3.8) is 0 Å². The van der Waals surface area contributed by atoms with E-state index in [0.29, 0.717) is 13.0 Å². The molecule has 0 radical (unpaired) electrons. The zero-order chi connectivity index (χ0) is 20.5. The molecule has 1 aromatic heterocycles. The summed E-state index contributed by atoms with van der Waals surface area (Å²) >= 11 is 0. The number of hydrogen-bond donors (Lipinski definition) is 2. The number of rotatable bonds is 4. The van der Waals surface area contributed by atoms with Gasteiger partial charge >= 0.3 is 0 Å². The molecule has 0 spiro atoms. The number of piperidine rings is 1. The molecule has 0 aliphatic carbocycles. The van der Waals surface area contributed by atoms with E-state index in [2.05, 4.69) is 27.3 Å². The summed E-state index contributed by atoms with van der Waals surface area (Å²) in [4.78, 5) is 18.2. The molecule has 2 N–H and O–H groups in total. The molecule has 2 aromatic carbocycles. The lowest BCUT2D eigenvalue weighted by Gasteiger charge is -2.36. The summed E-state index contributed by atoms with van der Waals surface area (Å²) in [6.45, 7) is 2.22. The lowest BCUT2D eigenvalue weighted by atomic mass is 10.0. The molecule has 3 aromatic rings. The molecule has 1 fully saturated rings.